The minimum absolute atomic E-state index is 0.169. The Balaban J connectivity index is 2.01. The molecule has 132 valence electrons. The first-order valence-electron chi connectivity index (χ1n) is 8.57. The van der Waals surface area contributed by atoms with Crippen LogP contribution in [0.3, 0.4) is 0 Å². The molecule has 0 aromatic heterocycles. The zero-order chi connectivity index (χ0) is 18.4. The number of benzene rings is 2. The number of nitrogens with zero attached hydrogens (tertiary/aromatic N) is 2. The number of halogens is 2. The Kier molecular flexibility index (Phi) is 4.87. The van der Waals surface area contributed by atoms with E-state index in [9.17, 15) is 0 Å². The Morgan fingerprint density at radius 1 is 1.24 bits per heavy atom. The fourth-order valence-corrected chi connectivity index (χ4v) is 3.95. The average molecular weight is 375 g/mol. The largest absolute Gasteiger partial charge is 0.369 e. The van der Waals surface area contributed by atoms with Crippen LogP contribution in [0.4, 0.5) is 11.4 Å². The highest BCUT2D eigenvalue weighted by Crippen LogP contribution is 2.43. The summed E-state index contributed by atoms with van der Waals surface area (Å²) in [5, 5.41) is 1.02. The van der Waals surface area contributed by atoms with Crippen LogP contribution in [0.2, 0.25) is 10.0 Å². The van der Waals surface area contributed by atoms with Gasteiger partial charge >= 0.3 is 0 Å². The lowest BCUT2D eigenvalue weighted by Crippen LogP contribution is -2.45. The lowest BCUT2D eigenvalue weighted by atomic mass is 9.79. The zero-order valence-electron chi connectivity index (χ0n) is 15.4. The summed E-state index contributed by atoms with van der Waals surface area (Å²) in [6.45, 7) is 9.04. The van der Waals surface area contributed by atoms with Crippen LogP contribution >= 0.6 is 23.2 Å². The van der Waals surface area contributed by atoms with Crippen molar-refractivity contribution in [1.29, 1.82) is 0 Å². The Hall–Kier alpha value is -1.51. The highest BCUT2D eigenvalue weighted by atomic mass is 35.5. The number of rotatable bonds is 2. The molecule has 1 aliphatic rings. The maximum absolute atomic E-state index is 6.24. The van der Waals surface area contributed by atoms with Gasteiger partial charge in [0.15, 0.2) is 0 Å². The summed E-state index contributed by atoms with van der Waals surface area (Å²) in [4.78, 5) is 6.96. The van der Waals surface area contributed by atoms with Gasteiger partial charge in [-0.05, 0) is 74.1 Å². The van der Waals surface area contributed by atoms with E-state index in [0.717, 1.165) is 12.0 Å². The second-order valence-electron chi connectivity index (χ2n) is 7.58. The van der Waals surface area contributed by atoms with Gasteiger partial charge in [-0.15, -0.1) is 0 Å². The molecular formula is C21H24Cl2N2. The fraction of sp³-hybridized carbons (Fsp3) is 0.381. The van der Waals surface area contributed by atoms with Crippen molar-refractivity contribution in [3.8, 4) is 0 Å². The number of anilines is 1. The minimum Gasteiger partial charge on any atom is -0.369 e. The molecule has 1 unspecified atom stereocenters. The Morgan fingerprint density at radius 3 is 2.68 bits per heavy atom. The quantitative estimate of drug-likeness (QED) is 0.529. The summed E-state index contributed by atoms with van der Waals surface area (Å²) in [7, 11) is 2.18. The Morgan fingerprint density at radius 2 is 1.96 bits per heavy atom. The van der Waals surface area contributed by atoms with Crippen LogP contribution in [-0.2, 0) is 0 Å². The van der Waals surface area contributed by atoms with E-state index >= 15 is 0 Å². The van der Waals surface area contributed by atoms with Crippen molar-refractivity contribution in [1.82, 2.24) is 0 Å². The Bertz CT molecular complexity index is 840. The highest BCUT2D eigenvalue weighted by molar-refractivity contribution is 6.43. The predicted octanol–water partition coefficient (Wildman–Crippen LogP) is 6.77. The van der Waals surface area contributed by atoms with Crippen LogP contribution in [0.1, 0.15) is 49.8 Å². The van der Waals surface area contributed by atoms with Gasteiger partial charge in [0.1, 0.15) is 0 Å². The van der Waals surface area contributed by atoms with Gasteiger partial charge in [0.25, 0.3) is 0 Å². The number of hydrogen-bond donors (Lipinski definition) is 0. The van der Waals surface area contributed by atoms with Gasteiger partial charge in [-0.3, -0.25) is 4.99 Å². The Labute approximate surface area is 160 Å². The van der Waals surface area contributed by atoms with Crippen molar-refractivity contribution in [3.05, 3.63) is 57.1 Å². The summed E-state index contributed by atoms with van der Waals surface area (Å²) >= 11 is 12.3. The number of aryl methyl sites for hydroxylation is 1. The van der Waals surface area contributed by atoms with Crippen molar-refractivity contribution < 1.29 is 0 Å². The maximum atomic E-state index is 6.24. The highest BCUT2D eigenvalue weighted by Gasteiger charge is 2.34. The van der Waals surface area contributed by atoms with Gasteiger partial charge in [0, 0.05) is 24.5 Å². The molecule has 0 spiro atoms. The van der Waals surface area contributed by atoms with Crippen molar-refractivity contribution in [2.45, 2.75) is 45.6 Å². The molecule has 0 saturated carbocycles. The van der Waals surface area contributed by atoms with Crippen molar-refractivity contribution in [2.24, 2.45) is 4.99 Å². The molecule has 4 heteroatoms. The van der Waals surface area contributed by atoms with E-state index in [1.54, 1.807) is 6.07 Å². The first-order chi connectivity index (χ1) is 11.7. The second-order valence-corrected chi connectivity index (χ2v) is 8.36. The molecule has 0 bridgehead atoms. The standard InChI is InChI=1S/C21H24Cl2N2/c1-13-9-19-16(14(2)11-21(3,4)25(19)5)10-15(13)12-24-18-8-6-7-17(22)20(18)23/h6-10,12,14H,11H2,1-5H3. The first-order valence-corrected chi connectivity index (χ1v) is 9.33. The van der Waals surface area contributed by atoms with Crippen LogP contribution in [0, 0.1) is 6.92 Å². The van der Waals surface area contributed by atoms with Gasteiger partial charge in [-0.25, -0.2) is 0 Å². The molecule has 2 aromatic rings. The van der Waals surface area contributed by atoms with Gasteiger partial charge in [0.2, 0.25) is 0 Å². The number of fused-ring (bicyclic) bond motifs is 1. The van der Waals surface area contributed by atoms with Gasteiger partial charge in [-0.1, -0.05) is 36.2 Å². The summed E-state index contributed by atoms with van der Waals surface area (Å²) in [6.07, 6.45) is 3.02. The van der Waals surface area contributed by atoms with E-state index in [1.807, 2.05) is 18.3 Å². The third kappa shape index (κ3) is 3.43. The molecular weight excluding hydrogens is 351 g/mol. The number of hydrogen-bond acceptors (Lipinski definition) is 2. The zero-order valence-corrected chi connectivity index (χ0v) is 16.9. The smallest absolute Gasteiger partial charge is 0.0848 e. The third-order valence-electron chi connectivity index (χ3n) is 5.30. The van der Waals surface area contributed by atoms with Gasteiger partial charge < -0.3 is 4.90 Å². The van der Waals surface area contributed by atoms with Crippen LogP contribution in [0.25, 0.3) is 0 Å². The van der Waals surface area contributed by atoms with E-state index in [1.165, 1.54) is 16.8 Å². The van der Waals surface area contributed by atoms with Crippen molar-refractivity contribution >= 4 is 40.8 Å². The van der Waals surface area contributed by atoms with E-state index in [-0.39, 0.29) is 5.54 Å². The van der Waals surface area contributed by atoms with E-state index in [4.69, 9.17) is 23.2 Å². The van der Waals surface area contributed by atoms with Crippen molar-refractivity contribution in [2.75, 3.05) is 11.9 Å². The molecule has 0 fully saturated rings. The third-order valence-corrected chi connectivity index (χ3v) is 6.10. The summed E-state index contributed by atoms with van der Waals surface area (Å²) in [5.74, 6) is 0.517. The fourth-order valence-electron chi connectivity index (χ4n) is 3.60. The van der Waals surface area contributed by atoms with E-state index in [2.05, 4.69) is 56.8 Å². The van der Waals surface area contributed by atoms with Crippen LogP contribution in [0.15, 0.2) is 35.3 Å². The SMILES string of the molecule is Cc1cc2c(cc1C=Nc1cccc(Cl)c1Cl)C(C)CC(C)(C)N2C. The average Bonchev–Trinajstić information content (AvgIpc) is 2.54. The molecule has 2 aromatic carbocycles. The lowest BCUT2D eigenvalue weighted by molar-refractivity contribution is 0.395. The number of aliphatic imine (C=N–C) groups is 1. The monoisotopic (exact) mass is 374 g/mol. The summed E-state index contributed by atoms with van der Waals surface area (Å²) in [6, 6.07) is 10.0. The lowest BCUT2D eigenvalue weighted by Gasteiger charge is -2.45. The predicted molar refractivity (Wildman–Crippen MR) is 110 cm³/mol. The molecule has 3 rings (SSSR count). The summed E-state index contributed by atoms with van der Waals surface area (Å²) < 4.78 is 0. The molecule has 0 aliphatic carbocycles. The summed E-state index contributed by atoms with van der Waals surface area (Å²) in [5.41, 5.74) is 5.89. The van der Waals surface area contributed by atoms with Gasteiger partial charge in [-0.2, -0.15) is 0 Å². The maximum Gasteiger partial charge on any atom is 0.0848 e. The van der Waals surface area contributed by atoms with E-state index < -0.39 is 0 Å². The topological polar surface area (TPSA) is 15.6 Å². The normalized spacial score (nSPS) is 19.3. The molecule has 1 heterocycles. The molecule has 0 N–H and O–H groups in total. The molecule has 0 radical (unpaired) electrons. The molecule has 1 atom stereocenters. The second kappa shape index (κ2) is 6.66. The minimum atomic E-state index is 0.169. The molecule has 1 aliphatic heterocycles. The van der Waals surface area contributed by atoms with Crippen LogP contribution < -0.4 is 4.90 Å². The van der Waals surface area contributed by atoms with Crippen LogP contribution in [0.5, 0.6) is 0 Å². The molecule has 0 saturated heterocycles. The van der Waals surface area contributed by atoms with Crippen LogP contribution in [-0.4, -0.2) is 18.8 Å². The first kappa shape index (κ1) is 18.3. The van der Waals surface area contributed by atoms with Crippen molar-refractivity contribution in [3.63, 3.8) is 0 Å². The molecule has 2 nitrogen and oxygen atoms in total. The van der Waals surface area contributed by atoms with Gasteiger partial charge in [0.05, 0.1) is 15.7 Å². The molecule has 0 amide bonds. The van der Waals surface area contributed by atoms with E-state index in [0.29, 0.717) is 21.7 Å². The molecule has 25 heavy (non-hydrogen) atoms.